The lowest BCUT2D eigenvalue weighted by atomic mass is 10.2. The fraction of sp³-hybridized carbons (Fsp3) is 0.333. The van der Waals surface area contributed by atoms with Gasteiger partial charge in [-0.1, -0.05) is 0 Å². The number of anilines is 1. The SMILES string of the molecule is CN(C)C(=O)NCCNc1ccc(C#N)c([N+](=O)[O-])c1. The summed E-state index contributed by atoms with van der Waals surface area (Å²) in [5.74, 6) is 0. The Morgan fingerprint density at radius 3 is 2.70 bits per heavy atom. The first kappa shape index (κ1) is 15.2. The third-order valence-electron chi connectivity index (χ3n) is 2.45. The number of nitriles is 1. The summed E-state index contributed by atoms with van der Waals surface area (Å²) < 4.78 is 0. The van der Waals surface area contributed by atoms with Crippen LogP contribution in [0.4, 0.5) is 16.2 Å². The minimum Gasteiger partial charge on any atom is -0.383 e. The predicted molar refractivity (Wildman–Crippen MR) is 73.4 cm³/mol. The molecule has 0 atom stereocenters. The Morgan fingerprint density at radius 1 is 1.45 bits per heavy atom. The van der Waals surface area contributed by atoms with Crippen LogP contribution < -0.4 is 10.6 Å². The Labute approximate surface area is 116 Å². The molecule has 0 aliphatic rings. The van der Waals surface area contributed by atoms with E-state index in [1.165, 1.54) is 17.0 Å². The van der Waals surface area contributed by atoms with Crippen molar-refractivity contribution < 1.29 is 9.72 Å². The van der Waals surface area contributed by atoms with Gasteiger partial charge < -0.3 is 15.5 Å². The van der Waals surface area contributed by atoms with E-state index in [2.05, 4.69) is 10.6 Å². The van der Waals surface area contributed by atoms with Crippen LogP contribution >= 0.6 is 0 Å². The van der Waals surface area contributed by atoms with Gasteiger partial charge in [0.2, 0.25) is 0 Å². The number of benzene rings is 1. The Kier molecular flexibility index (Phi) is 5.29. The molecule has 1 rings (SSSR count). The highest BCUT2D eigenvalue weighted by Crippen LogP contribution is 2.22. The molecule has 0 saturated heterocycles. The second kappa shape index (κ2) is 6.94. The van der Waals surface area contributed by atoms with Crippen molar-refractivity contribution in [3.63, 3.8) is 0 Å². The first-order valence-corrected chi connectivity index (χ1v) is 5.83. The lowest BCUT2D eigenvalue weighted by Crippen LogP contribution is -2.37. The van der Waals surface area contributed by atoms with E-state index < -0.39 is 4.92 Å². The number of nitrogens with one attached hydrogen (secondary N) is 2. The highest BCUT2D eigenvalue weighted by molar-refractivity contribution is 5.73. The Balaban J connectivity index is 2.57. The molecular weight excluding hydrogens is 262 g/mol. The van der Waals surface area contributed by atoms with E-state index in [0.717, 1.165) is 0 Å². The molecule has 0 spiro atoms. The third-order valence-corrected chi connectivity index (χ3v) is 2.45. The van der Waals surface area contributed by atoms with Crippen LogP contribution in [-0.2, 0) is 0 Å². The lowest BCUT2D eigenvalue weighted by molar-refractivity contribution is -0.385. The van der Waals surface area contributed by atoms with E-state index in [1.54, 1.807) is 26.2 Å². The predicted octanol–water partition coefficient (Wildman–Crippen LogP) is 1.15. The first-order chi connectivity index (χ1) is 9.45. The van der Waals surface area contributed by atoms with Gasteiger partial charge >= 0.3 is 6.03 Å². The van der Waals surface area contributed by atoms with E-state index in [9.17, 15) is 14.9 Å². The highest BCUT2D eigenvalue weighted by Gasteiger charge is 2.13. The van der Waals surface area contributed by atoms with Crippen LogP contribution in [0.2, 0.25) is 0 Å². The van der Waals surface area contributed by atoms with E-state index >= 15 is 0 Å². The molecule has 106 valence electrons. The number of nitro groups is 1. The van der Waals surface area contributed by atoms with Gasteiger partial charge in [0.25, 0.3) is 5.69 Å². The summed E-state index contributed by atoms with van der Waals surface area (Å²) in [6, 6.07) is 5.82. The standard InChI is InChI=1S/C12H15N5O3/c1-16(2)12(18)15-6-5-14-10-4-3-9(8-13)11(7-10)17(19)20/h3-4,7,14H,5-6H2,1-2H3,(H,15,18). The van der Waals surface area contributed by atoms with Gasteiger partial charge in [0.1, 0.15) is 11.6 Å². The number of carbonyl (C=O) groups is 1. The fourth-order valence-electron chi connectivity index (χ4n) is 1.42. The van der Waals surface area contributed by atoms with E-state index in [0.29, 0.717) is 18.8 Å². The number of hydrogen-bond acceptors (Lipinski definition) is 5. The molecule has 0 aliphatic heterocycles. The highest BCUT2D eigenvalue weighted by atomic mass is 16.6. The van der Waals surface area contributed by atoms with Crippen LogP contribution in [0.5, 0.6) is 0 Å². The maximum Gasteiger partial charge on any atom is 0.316 e. The van der Waals surface area contributed by atoms with Crippen molar-refractivity contribution in [1.29, 1.82) is 5.26 Å². The normalized spacial score (nSPS) is 9.45. The largest absolute Gasteiger partial charge is 0.383 e. The molecule has 0 saturated carbocycles. The molecule has 0 aliphatic carbocycles. The Bertz CT molecular complexity index is 551. The van der Waals surface area contributed by atoms with Crippen molar-refractivity contribution in [3.8, 4) is 6.07 Å². The minimum atomic E-state index is -0.600. The molecule has 0 bridgehead atoms. The van der Waals surface area contributed by atoms with Crippen molar-refractivity contribution in [1.82, 2.24) is 10.2 Å². The molecule has 2 N–H and O–H groups in total. The number of nitrogens with zero attached hydrogens (tertiary/aromatic N) is 3. The van der Waals surface area contributed by atoms with Crippen LogP contribution in [-0.4, -0.2) is 43.0 Å². The van der Waals surface area contributed by atoms with Crippen molar-refractivity contribution >= 4 is 17.4 Å². The molecule has 20 heavy (non-hydrogen) atoms. The molecule has 1 aromatic carbocycles. The average Bonchev–Trinajstić information content (AvgIpc) is 2.42. The van der Waals surface area contributed by atoms with Crippen LogP contribution in [0.25, 0.3) is 0 Å². The van der Waals surface area contributed by atoms with Gasteiger partial charge in [-0.25, -0.2) is 4.79 Å². The van der Waals surface area contributed by atoms with Gasteiger partial charge in [-0.05, 0) is 12.1 Å². The van der Waals surface area contributed by atoms with Gasteiger partial charge in [0, 0.05) is 38.9 Å². The zero-order valence-corrected chi connectivity index (χ0v) is 11.2. The summed E-state index contributed by atoms with van der Waals surface area (Å²) in [4.78, 5) is 22.8. The number of amides is 2. The van der Waals surface area contributed by atoms with Gasteiger partial charge in [0.15, 0.2) is 0 Å². The second-order valence-electron chi connectivity index (χ2n) is 4.15. The monoisotopic (exact) mass is 277 g/mol. The average molecular weight is 277 g/mol. The van der Waals surface area contributed by atoms with Crippen LogP contribution in [0, 0.1) is 21.4 Å². The van der Waals surface area contributed by atoms with Crippen LogP contribution in [0.15, 0.2) is 18.2 Å². The van der Waals surface area contributed by atoms with Crippen molar-refractivity contribution in [2.75, 3.05) is 32.5 Å². The number of urea groups is 1. The maximum absolute atomic E-state index is 11.2. The molecule has 8 nitrogen and oxygen atoms in total. The number of rotatable bonds is 5. The van der Waals surface area contributed by atoms with Gasteiger partial charge in [-0.3, -0.25) is 10.1 Å². The second-order valence-corrected chi connectivity index (χ2v) is 4.15. The van der Waals surface area contributed by atoms with Crippen molar-refractivity contribution in [3.05, 3.63) is 33.9 Å². The van der Waals surface area contributed by atoms with Gasteiger partial charge in [-0.2, -0.15) is 5.26 Å². The van der Waals surface area contributed by atoms with Gasteiger partial charge in [0.05, 0.1) is 4.92 Å². The summed E-state index contributed by atoms with van der Waals surface area (Å²) in [6.45, 7) is 0.799. The zero-order chi connectivity index (χ0) is 15.1. The molecule has 0 aromatic heterocycles. The zero-order valence-electron chi connectivity index (χ0n) is 11.2. The molecular formula is C12H15N5O3. The molecule has 8 heteroatoms. The molecule has 2 amide bonds. The fourth-order valence-corrected chi connectivity index (χ4v) is 1.42. The number of carbonyl (C=O) groups excluding carboxylic acids is 1. The van der Waals surface area contributed by atoms with Crippen molar-refractivity contribution in [2.24, 2.45) is 0 Å². The third kappa shape index (κ3) is 4.13. The summed E-state index contributed by atoms with van der Waals surface area (Å²) in [5, 5.41) is 25.1. The summed E-state index contributed by atoms with van der Waals surface area (Å²) in [5.41, 5.74) is 0.297. The summed E-state index contributed by atoms with van der Waals surface area (Å²) in [6.07, 6.45) is 0. The lowest BCUT2D eigenvalue weighted by Gasteiger charge is -2.12. The summed E-state index contributed by atoms with van der Waals surface area (Å²) >= 11 is 0. The smallest absolute Gasteiger partial charge is 0.316 e. The quantitative estimate of drug-likeness (QED) is 0.476. The van der Waals surface area contributed by atoms with E-state index in [-0.39, 0.29) is 17.3 Å². The minimum absolute atomic E-state index is 0.0152. The topological polar surface area (TPSA) is 111 Å². The van der Waals surface area contributed by atoms with Crippen molar-refractivity contribution in [2.45, 2.75) is 0 Å². The molecule has 0 unspecified atom stereocenters. The number of hydrogen-bond donors (Lipinski definition) is 2. The Hall–Kier alpha value is -2.82. The Morgan fingerprint density at radius 2 is 2.15 bits per heavy atom. The molecule has 0 radical (unpaired) electrons. The first-order valence-electron chi connectivity index (χ1n) is 5.83. The number of nitro benzene ring substituents is 1. The van der Waals surface area contributed by atoms with Crippen LogP contribution in [0.3, 0.4) is 0 Å². The molecule has 0 heterocycles. The van der Waals surface area contributed by atoms with E-state index in [1.807, 2.05) is 0 Å². The molecule has 1 aromatic rings. The maximum atomic E-state index is 11.2. The molecule has 0 fully saturated rings. The van der Waals surface area contributed by atoms with Crippen LogP contribution in [0.1, 0.15) is 5.56 Å². The van der Waals surface area contributed by atoms with E-state index in [4.69, 9.17) is 5.26 Å². The summed E-state index contributed by atoms with van der Waals surface area (Å²) in [7, 11) is 3.26. The van der Waals surface area contributed by atoms with Gasteiger partial charge in [-0.15, -0.1) is 0 Å².